The van der Waals surface area contributed by atoms with Crippen molar-refractivity contribution >= 4 is 15.9 Å². The highest BCUT2D eigenvalue weighted by atomic mass is 32.2. The summed E-state index contributed by atoms with van der Waals surface area (Å²) in [4.78, 5) is 15.0. The lowest BCUT2D eigenvalue weighted by molar-refractivity contribution is -0.138. The Kier molecular flexibility index (Phi) is 5.77. The van der Waals surface area contributed by atoms with Crippen LogP contribution in [-0.4, -0.2) is 55.0 Å². The molecule has 2 unspecified atom stereocenters. The Morgan fingerprint density at radius 3 is 2.39 bits per heavy atom. The van der Waals surface area contributed by atoms with Crippen LogP contribution in [0.3, 0.4) is 0 Å². The zero-order valence-electron chi connectivity index (χ0n) is 15.0. The van der Waals surface area contributed by atoms with Crippen molar-refractivity contribution < 1.29 is 13.2 Å². The largest absolute Gasteiger partial charge is 0.339 e. The molecular weight excluding hydrogens is 312 g/mol. The molecule has 23 heavy (non-hydrogen) atoms. The lowest BCUT2D eigenvalue weighted by Gasteiger charge is -2.36. The second-order valence-electron chi connectivity index (χ2n) is 8.19. The summed E-state index contributed by atoms with van der Waals surface area (Å²) in [7, 11) is -3.19. The summed E-state index contributed by atoms with van der Waals surface area (Å²) >= 11 is 0. The summed E-state index contributed by atoms with van der Waals surface area (Å²) in [5.41, 5.74) is 0.206. The van der Waals surface area contributed by atoms with Crippen molar-refractivity contribution in [3.63, 3.8) is 0 Å². The fraction of sp³-hybridized carbons (Fsp3) is 0.941. The van der Waals surface area contributed by atoms with E-state index in [0.717, 1.165) is 38.6 Å². The average Bonchev–Trinajstić information content (AvgIpc) is 2.92. The molecular formula is C17H32N2O3S. The molecule has 0 aliphatic carbocycles. The zero-order valence-corrected chi connectivity index (χ0v) is 15.9. The van der Waals surface area contributed by atoms with Crippen molar-refractivity contribution in [2.24, 2.45) is 11.3 Å². The summed E-state index contributed by atoms with van der Waals surface area (Å²) in [6.07, 6.45) is 4.76. The van der Waals surface area contributed by atoms with Gasteiger partial charge in [-0.3, -0.25) is 4.79 Å². The van der Waals surface area contributed by atoms with Gasteiger partial charge in [0.05, 0.1) is 11.7 Å². The Hall–Kier alpha value is -0.620. The summed E-state index contributed by atoms with van der Waals surface area (Å²) in [6.45, 7) is 10.1. The molecule has 1 amide bonds. The van der Waals surface area contributed by atoms with Gasteiger partial charge in [0.25, 0.3) is 0 Å². The van der Waals surface area contributed by atoms with Crippen molar-refractivity contribution in [3.8, 4) is 0 Å². The van der Waals surface area contributed by atoms with Gasteiger partial charge in [0, 0.05) is 25.7 Å². The second kappa shape index (κ2) is 7.09. The Morgan fingerprint density at radius 2 is 1.78 bits per heavy atom. The van der Waals surface area contributed by atoms with E-state index < -0.39 is 10.0 Å². The van der Waals surface area contributed by atoms with Gasteiger partial charge in [0.1, 0.15) is 0 Å². The molecule has 0 bridgehead atoms. The van der Waals surface area contributed by atoms with Gasteiger partial charge < -0.3 is 4.90 Å². The number of carbonyl (C=O) groups is 1. The fourth-order valence-corrected chi connectivity index (χ4v) is 5.04. The van der Waals surface area contributed by atoms with Gasteiger partial charge in [0.15, 0.2) is 0 Å². The van der Waals surface area contributed by atoms with Crippen LogP contribution in [-0.2, 0) is 14.8 Å². The summed E-state index contributed by atoms with van der Waals surface area (Å²) < 4.78 is 25.7. The minimum atomic E-state index is -3.19. The molecule has 134 valence electrons. The van der Waals surface area contributed by atoms with Crippen LogP contribution in [0.15, 0.2) is 0 Å². The molecule has 0 aromatic heterocycles. The van der Waals surface area contributed by atoms with E-state index in [1.165, 1.54) is 4.31 Å². The second-order valence-corrected chi connectivity index (χ2v) is 10.4. The molecule has 0 saturated carbocycles. The van der Waals surface area contributed by atoms with Crippen LogP contribution in [0.5, 0.6) is 0 Å². The highest BCUT2D eigenvalue weighted by molar-refractivity contribution is 7.89. The van der Waals surface area contributed by atoms with Crippen LogP contribution < -0.4 is 0 Å². The first-order chi connectivity index (χ1) is 10.6. The topological polar surface area (TPSA) is 57.7 Å². The fourth-order valence-electron chi connectivity index (χ4n) is 3.86. The van der Waals surface area contributed by atoms with E-state index in [1.807, 2.05) is 4.90 Å². The van der Waals surface area contributed by atoms with Gasteiger partial charge in [-0.1, -0.05) is 20.8 Å². The van der Waals surface area contributed by atoms with Gasteiger partial charge in [0.2, 0.25) is 15.9 Å². The van der Waals surface area contributed by atoms with Crippen LogP contribution in [0, 0.1) is 11.3 Å². The number of sulfonamides is 1. The third kappa shape index (κ3) is 4.69. The first-order valence-electron chi connectivity index (χ1n) is 8.92. The minimum absolute atomic E-state index is 0.115. The van der Waals surface area contributed by atoms with E-state index in [-0.39, 0.29) is 23.0 Å². The summed E-state index contributed by atoms with van der Waals surface area (Å²) in [6, 6.07) is 0.320. The number of carbonyl (C=O) groups excluding carboxylic acids is 1. The molecule has 0 aromatic rings. The van der Waals surface area contributed by atoms with Crippen LogP contribution in [0.4, 0.5) is 0 Å². The number of nitrogens with zero attached hydrogens (tertiary/aromatic N) is 2. The highest BCUT2D eigenvalue weighted by Gasteiger charge is 2.38. The maximum atomic E-state index is 13.0. The summed E-state index contributed by atoms with van der Waals surface area (Å²) in [5.74, 6) is 0.128. The Bertz CT molecular complexity index is 524. The predicted octanol–water partition coefficient (Wildman–Crippen LogP) is 2.48. The molecule has 2 aliphatic rings. The SMILES string of the molecule is CCS(=O)(=O)N1CCCC(C(=O)N2CCCC2CC(C)(C)C)C1. The molecule has 0 aromatic carbocycles. The monoisotopic (exact) mass is 344 g/mol. The standard InChI is InChI=1S/C17H32N2O3S/c1-5-23(21,22)18-10-6-8-14(13-18)16(20)19-11-7-9-15(19)12-17(2,3)4/h14-15H,5-13H2,1-4H3. The molecule has 2 aliphatic heterocycles. The van der Waals surface area contributed by atoms with Crippen LogP contribution >= 0.6 is 0 Å². The Labute approximate surface area is 141 Å². The molecule has 6 heteroatoms. The molecule has 5 nitrogen and oxygen atoms in total. The van der Waals surface area contributed by atoms with Gasteiger partial charge in [-0.2, -0.15) is 0 Å². The number of piperidine rings is 1. The number of amides is 1. The van der Waals surface area contributed by atoms with Crippen molar-refractivity contribution in [1.29, 1.82) is 0 Å². The van der Waals surface area contributed by atoms with Crippen LogP contribution in [0.2, 0.25) is 0 Å². The number of hydrogen-bond acceptors (Lipinski definition) is 3. The number of rotatable bonds is 4. The van der Waals surface area contributed by atoms with Crippen molar-refractivity contribution in [2.75, 3.05) is 25.4 Å². The summed E-state index contributed by atoms with van der Waals surface area (Å²) in [5, 5.41) is 0. The maximum absolute atomic E-state index is 13.0. The van der Waals surface area contributed by atoms with Gasteiger partial charge in [-0.05, 0) is 44.4 Å². The molecule has 0 spiro atoms. The maximum Gasteiger partial charge on any atom is 0.227 e. The molecule has 0 N–H and O–H groups in total. The van der Waals surface area contributed by atoms with Crippen molar-refractivity contribution in [1.82, 2.24) is 9.21 Å². The van der Waals surface area contributed by atoms with E-state index in [2.05, 4.69) is 20.8 Å². The predicted molar refractivity (Wildman–Crippen MR) is 92.6 cm³/mol. The van der Waals surface area contributed by atoms with Crippen molar-refractivity contribution in [3.05, 3.63) is 0 Å². The molecule has 2 saturated heterocycles. The van der Waals surface area contributed by atoms with Crippen LogP contribution in [0.25, 0.3) is 0 Å². The van der Waals surface area contributed by atoms with Crippen molar-refractivity contribution in [2.45, 2.75) is 65.8 Å². The molecule has 2 rings (SSSR count). The molecule has 2 heterocycles. The third-order valence-corrected chi connectivity index (χ3v) is 6.85. The normalized spacial score (nSPS) is 27.4. The van der Waals surface area contributed by atoms with Crippen LogP contribution in [0.1, 0.15) is 59.8 Å². The number of hydrogen-bond donors (Lipinski definition) is 0. The third-order valence-electron chi connectivity index (χ3n) is 5.00. The van der Waals surface area contributed by atoms with Gasteiger partial charge in [-0.25, -0.2) is 12.7 Å². The smallest absolute Gasteiger partial charge is 0.227 e. The molecule has 2 fully saturated rings. The van der Waals surface area contributed by atoms with E-state index in [4.69, 9.17) is 0 Å². The highest BCUT2D eigenvalue weighted by Crippen LogP contribution is 2.32. The van der Waals surface area contributed by atoms with E-state index in [0.29, 0.717) is 19.1 Å². The quantitative estimate of drug-likeness (QED) is 0.787. The zero-order chi connectivity index (χ0) is 17.3. The number of likely N-dealkylation sites (tertiary alicyclic amines) is 1. The van der Waals surface area contributed by atoms with E-state index >= 15 is 0 Å². The first kappa shape index (κ1) is 18.7. The van der Waals surface area contributed by atoms with E-state index in [9.17, 15) is 13.2 Å². The first-order valence-corrected chi connectivity index (χ1v) is 10.5. The molecule has 0 radical (unpaired) electrons. The lowest BCUT2D eigenvalue weighted by atomic mass is 9.87. The lowest BCUT2D eigenvalue weighted by Crippen LogP contribution is -2.48. The van der Waals surface area contributed by atoms with E-state index in [1.54, 1.807) is 6.92 Å². The Balaban J connectivity index is 2.04. The van der Waals surface area contributed by atoms with Gasteiger partial charge in [-0.15, -0.1) is 0 Å². The average molecular weight is 345 g/mol. The Morgan fingerprint density at radius 1 is 1.13 bits per heavy atom. The van der Waals surface area contributed by atoms with Gasteiger partial charge >= 0.3 is 0 Å². The minimum Gasteiger partial charge on any atom is -0.339 e. The molecule has 2 atom stereocenters.